The predicted molar refractivity (Wildman–Crippen MR) is 121 cm³/mol. The standard InChI is InChI=1S/C21H28N2O6S2/c1-6-29-19-11-9-18(10-12-19)23(31(5,27)28)16(3)21(24)22-15(2)17-7-13-20(14-8-17)30(4,25)26/h7-16H,6H2,1-5H3,(H,22,24)/t15-,16+/m0/s1. The molecule has 0 saturated carbocycles. The number of rotatable bonds is 9. The van der Waals surface area contributed by atoms with Crippen LogP contribution in [0.25, 0.3) is 0 Å². The Hall–Kier alpha value is -2.59. The molecule has 0 fully saturated rings. The summed E-state index contributed by atoms with van der Waals surface area (Å²) < 4.78 is 54.5. The van der Waals surface area contributed by atoms with E-state index in [-0.39, 0.29) is 4.90 Å². The minimum atomic E-state index is -3.74. The van der Waals surface area contributed by atoms with Crippen molar-refractivity contribution in [3.63, 3.8) is 0 Å². The van der Waals surface area contributed by atoms with Crippen LogP contribution in [0.5, 0.6) is 5.75 Å². The van der Waals surface area contributed by atoms with Crippen molar-refractivity contribution in [2.45, 2.75) is 37.8 Å². The molecule has 0 aromatic heterocycles. The number of sulfonamides is 1. The van der Waals surface area contributed by atoms with Gasteiger partial charge in [-0.1, -0.05) is 12.1 Å². The molecule has 0 aliphatic heterocycles. The molecule has 2 aromatic rings. The maximum absolute atomic E-state index is 12.8. The normalized spacial score (nSPS) is 13.8. The quantitative estimate of drug-likeness (QED) is 0.606. The fourth-order valence-corrected chi connectivity index (χ4v) is 4.89. The molecule has 8 nitrogen and oxygen atoms in total. The first-order chi connectivity index (χ1) is 14.3. The summed E-state index contributed by atoms with van der Waals surface area (Å²) in [5, 5.41) is 2.79. The lowest BCUT2D eigenvalue weighted by Gasteiger charge is -2.29. The van der Waals surface area contributed by atoms with E-state index in [9.17, 15) is 21.6 Å². The van der Waals surface area contributed by atoms with E-state index in [1.165, 1.54) is 19.1 Å². The monoisotopic (exact) mass is 468 g/mol. The van der Waals surface area contributed by atoms with Crippen molar-refractivity contribution in [1.29, 1.82) is 0 Å². The summed E-state index contributed by atoms with van der Waals surface area (Å²) in [4.78, 5) is 13.0. The Bertz CT molecular complexity index is 1110. The van der Waals surface area contributed by atoms with Gasteiger partial charge in [0.15, 0.2) is 9.84 Å². The summed E-state index contributed by atoms with van der Waals surface area (Å²) in [5.74, 6) is 0.113. The smallest absolute Gasteiger partial charge is 0.244 e. The van der Waals surface area contributed by atoms with Crippen LogP contribution in [0.4, 0.5) is 5.69 Å². The number of carbonyl (C=O) groups is 1. The van der Waals surface area contributed by atoms with Gasteiger partial charge in [-0.25, -0.2) is 16.8 Å². The third kappa shape index (κ3) is 6.44. The lowest BCUT2D eigenvalue weighted by Crippen LogP contribution is -2.48. The zero-order valence-electron chi connectivity index (χ0n) is 18.2. The Morgan fingerprint density at radius 1 is 0.968 bits per heavy atom. The van der Waals surface area contributed by atoms with Gasteiger partial charge in [0.25, 0.3) is 0 Å². The van der Waals surface area contributed by atoms with E-state index >= 15 is 0 Å². The van der Waals surface area contributed by atoms with Crippen molar-refractivity contribution in [2.75, 3.05) is 23.4 Å². The zero-order valence-corrected chi connectivity index (χ0v) is 19.8. The van der Waals surface area contributed by atoms with E-state index in [0.29, 0.717) is 23.6 Å². The summed E-state index contributed by atoms with van der Waals surface area (Å²) in [7, 11) is -7.06. The largest absolute Gasteiger partial charge is 0.494 e. The van der Waals surface area contributed by atoms with Crippen LogP contribution in [0.3, 0.4) is 0 Å². The number of hydrogen-bond acceptors (Lipinski definition) is 6. The summed E-state index contributed by atoms with van der Waals surface area (Å²) >= 11 is 0. The summed E-state index contributed by atoms with van der Waals surface area (Å²) in [6.07, 6.45) is 2.16. The molecular weight excluding hydrogens is 440 g/mol. The Morgan fingerprint density at radius 3 is 1.97 bits per heavy atom. The summed E-state index contributed by atoms with van der Waals surface area (Å²) in [5.41, 5.74) is 1.04. The van der Waals surface area contributed by atoms with Gasteiger partial charge in [0, 0.05) is 6.26 Å². The van der Waals surface area contributed by atoms with Crippen LogP contribution in [0.1, 0.15) is 32.4 Å². The maximum Gasteiger partial charge on any atom is 0.244 e. The average Bonchev–Trinajstić information content (AvgIpc) is 2.68. The van der Waals surface area contributed by atoms with Gasteiger partial charge in [-0.2, -0.15) is 0 Å². The highest BCUT2D eigenvalue weighted by Crippen LogP contribution is 2.24. The summed E-state index contributed by atoms with van der Waals surface area (Å²) in [6, 6.07) is 11.2. The van der Waals surface area contributed by atoms with Gasteiger partial charge in [0.2, 0.25) is 15.9 Å². The third-order valence-electron chi connectivity index (χ3n) is 4.66. The maximum atomic E-state index is 12.8. The first-order valence-corrected chi connectivity index (χ1v) is 13.4. The van der Waals surface area contributed by atoms with E-state index in [1.54, 1.807) is 43.3 Å². The summed E-state index contributed by atoms with van der Waals surface area (Å²) in [6.45, 7) is 5.57. The lowest BCUT2D eigenvalue weighted by atomic mass is 10.1. The highest BCUT2D eigenvalue weighted by molar-refractivity contribution is 7.92. The third-order valence-corrected chi connectivity index (χ3v) is 7.03. The minimum absolute atomic E-state index is 0.182. The van der Waals surface area contributed by atoms with Crippen LogP contribution in [0, 0.1) is 0 Å². The number of sulfone groups is 1. The molecule has 2 rings (SSSR count). The number of anilines is 1. The fraction of sp³-hybridized carbons (Fsp3) is 0.381. The van der Waals surface area contributed by atoms with E-state index in [1.807, 2.05) is 6.92 Å². The first-order valence-electron chi connectivity index (χ1n) is 9.67. The molecular formula is C21H28N2O6S2. The second kappa shape index (κ2) is 9.69. The molecule has 0 aliphatic rings. The molecule has 0 saturated heterocycles. The Balaban J connectivity index is 2.21. The predicted octanol–water partition coefficient (Wildman–Crippen LogP) is 2.52. The van der Waals surface area contributed by atoms with E-state index in [0.717, 1.165) is 16.8 Å². The van der Waals surface area contributed by atoms with Gasteiger partial charge in [0.1, 0.15) is 11.8 Å². The second-order valence-electron chi connectivity index (χ2n) is 7.23. The van der Waals surface area contributed by atoms with Crippen molar-refractivity contribution >= 4 is 31.5 Å². The molecule has 10 heteroatoms. The van der Waals surface area contributed by atoms with Crippen molar-refractivity contribution in [3.8, 4) is 5.75 Å². The van der Waals surface area contributed by atoms with Gasteiger partial charge in [-0.15, -0.1) is 0 Å². The van der Waals surface area contributed by atoms with Crippen LogP contribution < -0.4 is 14.4 Å². The molecule has 0 unspecified atom stereocenters. The average molecular weight is 469 g/mol. The molecule has 0 aliphatic carbocycles. The molecule has 2 atom stereocenters. The number of nitrogens with one attached hydrogen (secondary N) is 1. The van der Waals surface area contributed by atoms with Gasteiger partial charge < -0.3 is 10.1 Å². The highest BCUT2D eigenvalue weighted by Gasteiger charge is 2.30. The molecule has 0 radical (unpaired) electrons. The van der Waals surface area contributed by atoms with Crippen LogP contribution in [-0.4, -0.2) is 47.9 Å². The van der Waals surface area contributed by atoms with Gasteiger partial charge in [0.05, 0.1) is 29.5 Å². The minimum Gasteiger partial charge on any atom is -0.494 e. The van der Waals surface area contributed by atoms with Crippen molar-refractivity contribution in [3.05, 3.63) is 54.1 Å². The number of amides is 1. The molecule has 0 bridgehead atoms. The molecule has 1 N–H and O–H groups in total. The molecule has 0 spiro atoms. The molecule has 2 aromatic carbocycles. The van der Waals surface area contributed by atoms with Gasteiger partial charge in [-0.05, 0) is 62.7 Å². The van der Waals surface area contributed by atoms with Gasteiger partial charge in [-0.3, -0.25) is 9.10 Å². The highest BCUT2D eigenvalue weighted by atomic mass is 32.2. The van der Waals surface area contributed by atoms with Crippen molar-refractivity contribution < 1.29 is 26.4 Å². The van der Waals surface area contributed by atoms with E-state index < -0.39 is 37.9 Å². The number of carbonyl (C=O) groups excluding carboxylic acids is 1. The molecule has 170 valence electrons. The first kappa shape index (κ1) is 24.7. The van der Waals surface area contributed by atoms with E-state index in [4.69, 9.17) is 4.74 Å². The molecule has 0 heterocycles. The Morgan fingerprint density at radius 2 is 1.52 bits per heavy atom. The van der Waals surface area contributed by atoms with Crippen LogP contribution >= 0.6 is 0 Å². The number of nitrogens with zero attached hydrogens (tertiary/aromatic N) is 1. The van der Waals surface area contributed by atoms with Crippen LogP contribution in [0.15, 0.2) is 53.4 Å². The Labute approximate surface area is 184 Å². The van der Waals surface area contributed by atoms with Crippen molar-refractivity contribution in [1.82, 2.24) is 5.32 Å². The Kier molecular flexibility index (Phi) is 7.72. The van der Waals surface area contributed by atoms with Gasteiger partial charge >= 0.3 is 0 Å². The van der Waals surface area contributed by atoms with Crippen LogP contribution in [0.2, 0.25) is 0 Å². The lowest BCUT2D eigenvalue weighted by molar-refractivity contribution is -0.122. The van der Waals surface area contributed by atoms with E-state index in [2.05, 4.69) is 5.32 Å². The second-order valence-corrected chi connectivity index (χ2v) is 11.1. The topological polar surface area (TPSA) is 110 Å². The zero-order chi connectivity index (χ0) is 23.4. The SMILES string of the molecule is CCOc1ccc(N([C@H](C)C(=O)N[C@@H](C)c2ccc(S(C)(=O)=O)cc2)S(C)(=O)=O)cc1. The number of benzene rings is 2. The number of ether oxygens (including phenoxy) is 1. The van der Waals surface area contributed by atoms with Crippen molar-refractivity contribution in [2.24, 2.45) is 0 Å². The van der Waals surface area contributed by atoms with Crippen LogP contribution in [-0.2, 0) is 24.7 Å². The number of hydrogen-bond donors (Lipinski definition) is 1. The molecule has 1 amide bonds. The fourth-order valence-electron chi connectivity index (χ4n) is 3.09. The molecule has 31 heavy (non-hydrogen) atoms.